The van der Waals surface area contributed by atoms with Gasteiger partial charge in [-0.05, 0) is 35.1 Å². The van der Waals surface area contributed by atoms with Crippen LogP contribution in [0.1, 0.15) is 29.9 Å². The summed E-state index contributed by atoms with van der Waals surface area (Å²) in [6, 6.07) is 15.5. The number of carbonyl (C=O) groups is 2. The number of ether oxygens (including phenoxy) is 1. The summed E-state index contributed by atoms with van der Waals surface area (Å²) in [4.78, 5) is 25.0. The molecular formula is C20H19NO4. The number of amides is 1. The van der Waals surface area contributed by atoms with Gasteiger partial charge in [-0.3, -0.25) is 4.90 Å². The third-order valence-corrected chi connectivity index (χ3v) is 5.11. The van der Waals surface area contributed by atoms with Crippen molar-refractivity contribution in [3.8, 4) is 11.1 Å². The molecule has 2 aliphatic rings. The van der Waals surface area contributed by atoms with Crippen LogP contribution in [0.2, 0.25) is 0 Å². The molecule has 0 spiro atoms. The third kappa shape index (κ3) is 2.65. The van der Waals surface area contributed by atoms with Crippen molar-refractivity contribution in [3.63, 3.8) is 0 Å². The van der Waals surface area contributed by atoms with Gasteiger partial charge in [0.15, 0.2) is 0 Å². The number of rotatable bonds is 3. The number of benzene rings is 2. The molecule has 1 atom stereocenters. The average molecular weight is 338 g/mol. The van der Waals surface area contributed by atoms with Crippen LogP contribution < -0.4 is 0 Å². The summed E-state index contributed by atoms with van der Waals surface area (Å²) >= 11 is 0. The van der Waals surface area contributed by atoms with Gasteiger partial charge in [0.2, 0.25) is 0 Å². The molecule has 1 fully saturated rings. The number of aliphatic carboxylic acids is 1. The third-order valence-electron chi connectivity index (χ3n) is 5.11. The van der Waals surface area contributed by atoms with E-state index in [0.29, 0.717) is 19.4 Å². The van der Waals surface area contributed by atoms with E-state index in [1.54, 1.807) is 0 Å². The minimum absolute atomic E-state index is 0.0118. The normalized spacial score (nSPS) is 18.7. The van der Waals surface area contributed by atoms with Gasteiger partial charge in [-0.1, -0.05) is 48.5 Å². The van der Waals surface area contributed by atoms with Crippen molar-refractivity contribution < 1.29 is 19.4 Å². The minimum Gasteiger partial charge on any atom is -0.480 e. The number of carboxylic acid groups (broad SMARTS) is 1. The van der Waals surface area contributed by atoms with E-state index >= 15 is 0 Å². The molecule has 0 unspecified atom stereocenters. The fourth-order valence-corrected chi connectivity index (χ4v) is 3.92. The molecule has 2 aromatic rings. The van der Waals surface area contributed by atoms with Gasteiger partial charge in [0, 0.05) is 12.5 Å². The lowest BCUT2D eigenvalue weighted by Crippen LogP contribution is -2.41. The summed E-state index contributed by atoms with van der Waals surface area (Å²) in [5, 5.41) is 9.22. The Bertz CT molecular complexity index is 786. The zero-order chi connectivity index (χ0) is 17.4. The second-order valence-electron chi connectivity index (χ2n) is 6.49. The Labute approximate surface area is 145 Å². The van der Waals surface area contributed by atoms with Crippen molar-refractivity contribution in [3.05, 3.63) is 59.7 Å². The molecule has 1 aliphatic heterocycles. The first-order valence-electron chi connectivity index (χ1n) is 8.51. The summed E-state index contributed by atoms with van der Waals surface area (Å²) in [6.07, 6.45) is 0.646. The van der Waals surface area contributed by atoms with Gasteiger partial charge in [-0.15, -0.1) is 0 Å². The Kier molecular flexibility index (Phi) is 3.92. The molecule has 5 nitrogen and oxygen atoms in total. The zero-order valence-electron chi connectivity index (χ0n) is 13.7. The highest BCUT2D eigenvalue weighted by Crippen LogP contribution is 2.44. The molecule has 25 heavy (non-hydrogen) atoms. The van der Waals surface area contributed by atoms with Crippen molar-refractivity contribution in [2.24, 2.45) is 0 Å². The van der Waals surface area contributed by atoms with E-state index in [1.807, 2.05) is 24.3 Å². The quantitative estimate of drug-likeness (QED) is 0.870. The molecule has 0 aromatic heterocycles. The highest BCUT2D eigenvalue weighted by Gasteiger charge is 2.36. The Morgan fingerprint density at radius 1 is 1.04 bits per heavy atom. The molecule has 4 rings (SSSR count). The topological polar surface area (TPSA) is 66.8 Å². The highest BCUT2D eigenvalue weighted by atomic mass is 16.6. The van der Waals surface area contributed by atoms with Crippen molar-refractivity contribution in [1.82, 2.24) is 4.90 Å². The average Bonchev–Trinajstić information content (AvgIpc) is 3.23. The van der Waals surface area contributed by atoms with Gasteiger partial charge in [0.05, 0.1) is 0 Å². The fourth-order valence-electron chi connectivity index (χ4n) is 3.92. The van der Waals surface area contributed by atoms with E-state index in [2.05, 4.69) is 24.3 Å². The van der Waals surface area contributed by atoms with E-state index in [1.165, 1.54) is 16.0 Å². The summed E-state index contributed by atoms with van der Waals surface area (Å²) in [6.45, 7) is 0.656. The second-order valence-corrected chi connectivity index (χ2v) is 6.49. The maximum atomic E-state index is 12.4. The number of hydrogen-bond acceptors (Lipinski definition) is 3. The number of carbonyl (C=O) groups excluding carboxylic acids is 1. The number of carboxylic acids is 1. The number of hydrogen-bond donors (Lipinski definition) is 1. The van der Waals surface area contributed by atoms with E-state index in [-0.39, 0.29) is 12.5 Å². The van der Waals surface area contributed by atoms with Crippen LogP contribution in [0.15, 0.2) is 48.5 Å². The summed E-state index contributed by atoms with van der Waals surface area (Å²) in [5.74, 6) is -0.978. The summed E-state index contributed by atoms with van der Waals surface area (Å²) < 4.78 is 5.53. The largest absolute Gasteiger partial charge is 0.480 e. The van der Waals surface area contributed by atoms with Gasteiger partial charge in [-0.25, -0.2) is 9.59 Å². The second kappa shape index (κ2) is 6.24. The lowest BCUT2D eigenvalue weighted by Gasteiger charge is -2.22. The van der Waals surface area contributed by atoms with Crippen LogP contribution in [0.3, 0.4) is 0 Å². The van der Waals surface area contributed by atoms with Gasteiger partial charge >= 0.3 is 12.1 Å². The molecule has 5 heteroatoms. The van der Waals surface area contributed by atoms with Crippen molar-refractivity contribution in [1.29, 1.82) is 0 Å². The standard InChI is InChI=1S/C20H19NO4/c22-19(23)18-10-5-11-21(18)20(24)25-12-17-15-8-3-1-6-13(15)14-7-2-4-9-16(14)17/h1-4,6-9,17-18H,5,10-12H2,(H,22,23)/t18-/m0/s1/i19+1. The molecule has 2 aromatic carbocycles. The first kappa shape index (κ1) is 15.7. The molecule has 1 aliphatic carbocycles. The molecule has 1 saturated heterocycles. The van der Waals surface area contributed by atoms with Crippen molar-refractivity contribution in [2.75, 3.05) is 13.2 Å². The summed E-state index contributed by atoms with van der Waals surface area (Å²) in [5.41, 5.74) is 4.63. The summed E-state index contributed by atoms with van der Waals surface area (Å²) in [7, 11) is 0. The van der Waals surface area contributed by atoms with E-state index in [4.69, 9.17) is 4.74 Å². The smallest absolute Gasteiger partial charge is 0.410 e. The predicted molar refractivity (Wildman–Crippen MR) is 92.4 cm³/mol. The van der Waals surface area contributed by atoms with Crippen LogP contribution in [-0.2, 0) is 9.53 Å². The molecule has 0 radical (unpaired) electrons. The lowest BCUT2D eigenvalue weighted by atomic mass is 9.98. The van der Waals surface area contributed by atoms with Crippen LogP contribution in [-0.4, -0.2) is 41.3 Å². The Morgan fingerprint density at radius 2 is 1.64 bits per heavy atom. The van der Waals surface area contributed by atoms with Crippen molar-refractivity contribution in [2.45, 2.75) is 24.8 Å². The lowest BCUT2D eigenvalue weighted by molar-refractivity contribution is -0.141. The molecule has 1 N–H and O–H groups in total. The number of nitrogens with zero attached hydrogens (tertiary/aromatic N) is 1. The maximum Gasteiger partial charge on any atom is 0.410 e. The highest BCUT2D eigenvalue weighted by molar-refractivity contribution is 5.81. The van der Waals surface area contributed by atoms with Crippen molar-refractivity contribution >= 4 is 12.1 Å². The molecule has 0 saturated carbocycles. The van der Waals surface area contributed by atoms with E-state index in [9.17, 15) is 14.7 Å². The minimum atomic E-state index is -0.967. The number of fused-ring (bicyclic) bond motifs is 3. The first-order valence-corrected chi connectivity index (χ1v) is 8.51. The molecule has 1 amide bonds. The monoisotopic (exact) mass is 338 g/mol. The Balaban J connectivity index is 1.53. The SMILES string of the molecule is O=C(OCC1c2ccccc2-c2ccccc21)N1CCC[C@H]1[13C](=O)O. The van der Waals surface area contributed by atoms with Crippen LogP contribution in [0.4, 0.5) is 4.79 Å². The fraction of sp³-hybridized carbons (Fsp3) is 0.300. The zero-order valence-corrected chi connectivity index (χ0v) is 13.7. The van der Waals surface area contributed by atoms with Crippen LogP contribution in [0.5, 0.6) is 0 Å². The Morgan fingerprint density at radius 3 is 2.24 bits per heavy atom. The molecule has 0 bridgehead atoms. The van der Waals surface area contributed by atoms with Crippen LogP contribution in [0.25, 0.3) is 11.1 Å². The van der Waals surface area contributed by atoms with Gasteiger partial charge in [0.25, 0.3) is 0 Å². The molecule has 1 heterocycles. The maximum absolute atomic E-state index is 12.4. The van der Waals surface area contributed by atoms with E-state index < -0.39 is 18.1 Å². The van der Waals surface area contributed by atoms with Gasteiger partial charge in [-0.2, -0.15) is 0 Å². The molecule has 128 valence electrons. The van der Waals surface area contributed by atoms with Crippen LogP contribution >= 0.6 is 0 Å². The predicted octanol–water partition coefficient (Wildman–Crippen LogP) is 3.48. The molecular weight excluding hydrogens is 319 g/mol. The Hall–Kier alpha value is -2.82. The first-order chi connectivity index (χ1) is 12.2. The van der Waals surface area contributed by atoms with E-state index in [0.717, 1.165) is 11.1 Å². The van der Waals surface area contributed by atoms with Gasteiger partial charge < -0.3 is 9.84 Å². The van der Waals surface area contributed by atoms with Gasteiger partial charge in [0.1, 0.15) is 12.6 Å². The van der Waals surface area contributed by atoms with Crippen LogP contribution in [0, 0.1) is 0 Å². The number of likely N-dealkylation sites (tertiary alicyclic amines) is 1.